The van der Waals surface area contributed by atoms with Crippen LogP contribution in [-0.2, 0) is 12.5 Å². The van der Waals surface area contributed by atoms with E-state index in [9.17, 15) is 0 Å². The standard InChI is InChI=1S/C15H21N/c1-10-7-8-11(2)14-12(10)9-13(16(14)6)15(3,4)5/h7-9H,1-6H3. The SMILES string of the molecule is Cc1ccc(C)c2c1cc(C(C)(C)C)n2C. The van der Waals surface area contributed by atoms with Crippen LogP contribution in [0.1, 0.15) is 37.6 Å². The molecule has 0 aliphatic carbocycles. The Labute approximate surface area is 98.1 Å². The highest BCUT2D eigenvalue weighted by atomic mass is 15.0. The van der Waals surface area contributed by atoms with Crippen LogP contribution >= 0.6 is 0 Å². The summed E-state index contributed by atoms with van der Waals surface area (Å²) in [5, 5.41) is 1.40. The molecule has 2 rings (SSSR count). The van der Waals surface area contributed by atoms with Crippen molar-refractivity contribution >= 4 is 10.9 Å². The maximum atomic E-state index is 2.34. The molecule has 0 aliphatic heterocycles. The van der Waals surface area contributed by atoms with Crippen LogP contribution in [0, 0.1) is 13.8 Å². The summed E-state index contributed by atoms with van der Waals surface area (Å²) in [6.07, 6.45) is 0. The molecular weight excluding hydrogens is 194 g/mol. The van der Waals surface area contributed by atoms with E-state index in [1.54, 1.807) is 0 Å². The van der Waals surface area contributed by atoms with E-state index in [2.05, 4.69) is 64.4 Å². The van der Waals surface area contributed by atoms with Gasteiger partial charge in [-0.2, -0.15) is 0 Å². The van der Waals surface area contributed by atoms with Crippen LogP contribution in [0.2, 0.25) is 0 Å². The summed E-state index contributed by atoms with van der Waals surface area (Å²) >= 11 is 0. The summed E-state index contributed by atoms with van der Waals surface area (Å²) in [6.45, 7) is 11.2. The van der Waals surface area contributed by atoms with Gasteiger partial charge in [0, 0.05) is 23.5 Å². The van der Waals surface area contributed by atoms with Crippen LogP contribution in [-0.4, -0.2) is 4.57 Å². The molecule has 2 aromatic rings. The fraction of sp³-hybridized carbons (Fsp3) is 0.467. The molecule has 1 nitrogen and oxygen atoms in total. The molecule has 0 saturated heterocycles. The molecular formula is C15H21N. The van der Waals surface area contributed by atoms with E-state index in [0.717, 1.165) is 0 Å². The molecule has 0 aliphatic rings. The van der Waals surface area contributed by atoms with Gasteiger partial charge in [-0.05, 0) is 31.0 Å². The van der Waals surface area contributed by atoms with E-state index in [0.29, 0.717) is 0 Å². The number of fused-ring (bicyclic) bond motifs is 1. The molecule has 1 aromatic carbocycles. The number of hydrogen-bond donors (Lipinski definition) is 0. The van der Waals surface area contributed by atoms with Crippen molar-refractivity contribution in [2.75, 3.05) is 0 Å². The second kappa shape index (κ2) is 3.38. The molecule has 0 N–H and O–H groups in total. The second-order valence-corrected chi connectivity index (χ2v) is 5.80. The van der Waals surface area contributed by atoms with Gasteiger partial charge in [0.15, 0.2) is 0 Å². The highest BCUT2D eigenvalue weighted by Crippen LogP contribution is 2.31. The lowest BCUT2D eigenvalue weighted by atomic mass is 9.92. The second-order valence-electron chi connectivity index (χ2n) is 5.80. The Morgan fingerprint density at radius 3 is 2.06 bits per heavy atom. The first kappa shape index (κ1) is 11.3. The molecule has 0 fully saturated rings. The van der Waals surface area contributed by atoms with Gasteiger partial charge in [-0.3, -0.25) is 0 Å². The predicted octanol–water partition coefficient (Wildman–Crippen LogP) is 4.09. The number of rotatable bonds is 0. The monoisotopic (exact) mass is 215 g/mol. The van der Waals surface area contributed by atoms with Gasteiger partial charge in [-0.25, -0.2) is 0 Å². The Morgan fingerprint density at radius 2 is 1.56 bits per heavy atom. The lowest BCUT2D eigenvalue weighted by Gasteiger charge is -2.19. The molecule has 0 radical (unpaired) electrons. The zero-order chi connectivity index (χ0) is 12.1. The van der Waals surface area contributed by atoms with Crippen molar-refractivity contribution < 1.29 is 0 Å². The molecule has 1 heterocycles. The van der Waals surface area contributed by atoms with E-state index >= 15 is 0 Å². The van der Waals surface area contributed by atoms with E-state index in [1.807, 2.05) is 0 Å². The highest BCUT2D eigenvalue weighted by molar-refractivity contribution is 5.87. The fourth-order valence-corrected chi connectivity index (χ4v) is 2.52. The minimum atomic E-state index is 0.201. The Hall–Kier alpha value is -1.24. The van der Waals surface area contributed by atoms with E-state index in [1.165, 1.54) is 27.7 Å². The van der Waals surface area contributed by atoms with E-state index in [-0.39, 0.29) is 5.41 Å². The van der Waals surface area contributed by atoms with Gasteiger partial charge in [0.05, 0.1) is 5.52 Å². The van der Waals surface area contributed by atoms with E-state index < -0.39 is 0 Å². The topological polar surface area (TPSA) is 4.93 Å². The number of nitrogens with zero attached hydrogens (tertiary/aromatic N) is 1. The summed E-state index contributed by atoms with van der Waals surface area (Å²) < 4.78 is 2.34. The van der Waals surface area contributed by atoms with Gasteiger partial charge in [0.2, 0.25) is 0 Å². The molecule has 0 unspecified atom stereocenters. The normalized spacial score (nSPS) is 12.4. The van der Waals surface area contributed by atoms with Crippen molar-refractivity contribution in [1.82, 2.24) is 4.57 Å². The minimum Gasteiger partial charge on any atom is -0.347 e. The number of aryl methyl sites for hydroxylation is 3. The Bertz CT molecular complexity index is 539. The number of benzene rings is 1. The largest absolute Gasteiger partial charge is 0.347 e. The van der Waals surface area contributed by atoms with Crippen molar-refractivity contribution in [2.24, 2.45) is 7.05 Å². The third-order valence-electron chi connectivity index (χ3n) is 3.38. The van der Waals surface area contributed by atoms with Crippen molar-refractivity contribution in [3.05, 3.63) is 35.0 Å². The van der Waals surface area contributed by atoms with E-state index in [4.69, 9.17) is 0 Å². The Kier molecular flexibility index (Phi) is 2.37. The lowest BCUT2D eigenvalue weighted by molar-refractivity contribution is 0.547. The molecule has 1 heteroatoms. The summed E-state index contributed by atoms with van der Waals surface area (Å²) in [6, 6.07) is 6.77. The average Bonchev–Trinajstić information content (AvgIpc) is 2.51. The Balaban J connectivity index is 2.88. The van der Waals surface area contributed by atoms with Gasteiger partial charge in [0.1, 0.15) is 0 Å². The van der Waals surface area contributed by atoms with Crippen LogP contribution in [0.4, 0.5) is 0 Å². The third-order valence-corrected chi connectivity index (χ3v) is 3.38. The molecule has 86 valence electrons. The summed E-state index contributed by atoms with van der Waals surface area (Å²) in [4.78, 5) is 0. The maximum Gasteiger partial charge on any atom is 0.0512 e. The number of hydrogen-bond acceptors (Lipinski definition) is 0. The molecule has 0 spiro atoms. The van der Waals surface area contributed by atoms with Gasteiger partial charge in [-0.1, -0.05) is 32.9 Å². The van der Waals surface area contributed by atoms with Crippen molar-refractivity contribution in [3.8, 4) is 0 Å². The zero-order valence-electron chi connectivity index (χ0n) is 11.2. The molecule has 16 heavy (non-hydrogen) atoms. The molecule has 0 saturated carbocycles. The van der Waals surface area contributed by atoms with Gasteiger partial charge >= 0.3 is 0 Å². The van der Waals surface area contributed by atoms with Crippen LogP contribution in [0.5, 0.6) is 0 Å². The quantitative estimate of drug-likeness (QED) is 0.623. The first-order valence-corrected chi connectivity index (χ1v) is 5.88. The molecule has 0 atom stereocenters. The molecule has 0 amide bonds. The van der Waals surface area contributed by atoms with Crippen LogP contribution < -0.4 is 0 Å². The van der Waals surface area contributed by atoms with Gasteiger partial charge < -0.3 is 4.57 Å². The van der Waals surface area contributed by atoms with Crippen molar-refractivity contribution in [2.45, 2.75) is 40.0 Å². The third kappa shape index (κ3) is 1.55. The summed E-state index contributed by atoms with van der Waals surface area (Å²) in [7, 11) is 2.18. The predicted molar refractivity (Wildman–Crippen MR) is 71.1 cm³/mol. The summed E-state index contributed by atoms with van der Waals surface area (Å²) in [5.74, 6) is 0. The van der Waals surface area contributed by atoms with Crippen LogP contribution in [0.25, 0.3) is 10.9 Å². The van der Waals surface area contributed by atoms with Gasteiger partial charge in [0.25, 0.3) is 0 Å². The molecule has 1 aromatic heterocycles. The fourth-order valence-electron chi connectivity index (χ4n) is 2.52. The minimum absolute atomic E-state index is 0.201. The van der Waals surface area contributed by atoms with Gasteiger partial charge in [-0.15, -0.1) is 0 Å². The zero-order valence-corrected chi connectivity index (χ0v) is 11.2. The lowest BCUT2D eigenvalue weighted by Crippen LogP contribution is -2.15. The maximum absolute atomic E-state index is 2.34. The average molecular weight is 215 g/mol. The highest BCUT2D eigenvalue weighted by Gasteiger charge is 2.20. The van der Waals surface area contributed by atoms with Crippen molar-refractivity contribution in [1.29, 1.82) is 0 Å². The first-order valence-electron chi connectivity index (χ1n) is 5.88. The first-order chi connectivity index (χ1) is 7.32. The molecule has 0 bridgehead atoms. The van der Waals surface area contributed by atoms with Crippen LogP contribution in [0.3, 0.4) is 0 Å². The van der Waals surface area contributed by atoms with Crippen LogP contribution in [0.15, 0.2) is 18.2 Å². The number of aromatic nitrogens is 1. The summed E-state index contributed by atoms with van der Waals surface area (Å²) in [5.41, 5.74) is 5.71. The smallest absolute Gasteiger partial charge is 0.0512 e. The Morgan fingerprint density at radius 1 is 1.00 bits per heavy atom. The van der Waals surface area contributed by atoms with Crippen molar-refractivity contribution in [3.63, 3.8) is 0 Å².